The van der Waals surface area contributed by atoms with Gasteiger partial charge in [-0.25, -0.2) is 4.79 Å². The van der Waals surface area contributed by atoms with Crippen molar-refractivity contribution in [3.63, 3.8) is 0 Å². The zero-order chi connectivity index (χ0) is 24.1. The first-order chi connectivity index (χ1) is 16.4. The molecule has 0 radical (unpaired) electrons. The van der Waals surface area contributed by atoms with Crippen LogP contribution in [0.2, 0.25) is 0 Å². The molecule has 0 unspecified atom stereocenters. The van der Waals surface area contributed by atoms with E-state index < -0.39 is 0 Å². The third-order valence-electron chi connectivity index (χ3n) is 6.98. The summed E-state index contributed by atoms with van der Waals surface area (Å²) in [6, 6.07) is 15.8. The molecule has 0 bridgehead atoms. The van der Waals surface area contributed by atoms with Crippen LogP contribution in [0.15, 0.2) is 48.5 Å². The molecule has 0 aromatic heterocycles. The number of esters is 1. The van der Waals surface area contributed by atoms with Gasteiger partial charge in [-0.05, 0) is 68.4 Å². The normalized spacial score (nSPS) is 20.8. The minimum absolute atomic E-state index is 0.0108. The summed E-state index contributed by atoms with van der Waals surface area (Å²) in [7, 11) is 1.40. The van der Waals surface area contributed by atoms with Crippen molar-refractivity contribution in [1.82, 2.24) is 15.5 Å². The number of amides is 2. The predicted molar refractivity (Wildman–Crippen MR) is 130 cm³/mol. The molecule has 2 aliphatic rings. The van der Waals surface area contributed by atoms with Crippen molar-refractivity contribution < 1.29 is 19.1 Å². The lowest BCUT2D eigenvalue weighted by molar-refractivity contribution is -0.122. The molecule has 2 aromatic rings. The number of rotatable bonds is 7. The predicted octanol–water partition coefficient (Wildman–Crippen LogP) is 3.04. The first-order valence-electron chi connectivity index (χ1n) is 12.0. The fourth-order valence-corrected chi connectivity index (χ4v) is 5.01. The van der Waals surface area contributed by atoms with Crippen LogP contribution in [-0.2, 0) is 9.53 Å². The van der Waals surface area contributed by atoms with Crippen molar-refractivity contribution in [1.29, 1.82) is 0 Å². The zero-order valence-corrected chi connectivity index (χ0v) is 19.9. The summed E-state index contributed by atoms with van der Waals surface area (Å²) >= 11 is 0. The van der Waals surface area contributed by atoms with E-state index in [-0.39, 0.29) is 30.4 Å². The minimum Gasteiger partial charge on any atom is -0.465 e. The summed E-state index contributed by atoms with van der Waals surface area (Å²) in [6.07, 6.45) is 4.52. The molecular weight excluding hydrogens is 430 g/mol. The van der Waals surface area contributed by atoms with E-state index in [0.717, 1.165) is 44.3 Å². The van der Waals surface area contributed by atoms with Gasteiger partial charge in [0.25, 0.3) is 5.91 Å². The molecule has 2 N–H and O–H groups in total. The van der Waals surface area contributed by atoms with Gasteiger partial charge < -0.3 is 15.4 Å². The Kier molecular flexibility index (Phi) is 7.63. The summed E-state index contributed by atoms with van der Waals surface area (Å²) in [6.45, 7) is 3.65. The van der Waals surface area contributed by atoms with Gasteiger partial charge in [0.05, 0.1) is 25.3 Å². The van der Waals surface area contributed by atoms with E-state index in [1.54, 1.807) is 6.07 Å². The Balaban J connectivity index is 1.15. The van der Waals surface area contributed by atoms with E-state index >= 15 is 0 Å². The van der Waals surface area contributed by atoms with Crippen molar-refractivity contribution in [2.45, 2.75) is 50.6 Å². The Morgan fingerprint density at radius 3 is 2.32 bits per heavy atom. The summed E-state index contributed by atoms with van der Waals surface area (Å²) in [5, 5.41) is 5.72. The maximum absolute atomic E-state index is 12.2. The summed E-state index contributed by atoms with van der Waals surface area (Å²) in [4.78, 5) is 38.5. The summed E-state index contributed by atoms with van der Waals surface area (Å²) in [5.74, 6) is -0.157. The van der Waals surface area contributed by atoms with Crippen LogP contribution in [0.5, 0.6) is 0 Å². The lowest BCUT2D eigenvalue weighted by Gasteiger charge is -2.46. The molecule has 180 valence electrons. The highest BCUT2D eigenvalue weighted by atomic mass is 16.5. The Hall–Kier alpha value is -3.19. The fraction of sp³-hybridized carbons (Fsp3) is 0.444. The molecule has 0 atom stereocenters. The molecule has 1 heterocycles. The van der Waals surface area contributed by atoms with Crippen molar-refractivity contribution in [3.05, 3.63) is 70.8 Å². The van der Waals surface area contributed by atoms with Gasteiger partial charge in [0.2, 0.25) is 5.91 Å². The second-order valence-electron chi connectivity index (χ2n) is 9.39. The quantitative estimate of drug-likeness (QED) is 0.617. The lowest BCUT2D eigenvalue weighted by Crippen LogP contribution is -2.63. The van der Waals surface area contributed by atoms with Gasteiger partial charge in [-0.1, -0.05) is 29.8 Å². The number of likely N-dealkylation sites (tertiary alicyclic amines) is 1. The smallest absolute Gasteiger partial charge is 0.337 e. The molecule has 2 amide bonds. The van der Waals surface area contributed by atoms with E-state index in [1.165, 1.54) is 12.7 Å². The van der Waals surface area contributed by atoms with E-state index in [2.05, 4.69) is 15.5 Å². The van der Waals surface area contributed by atoms with Crippen LogP contribution in [-0.4, -0.2) is 61.5 Å². The largest absolute Gasteiger partial charge is 0.465 e. The highest BCUT2D eigenvalue weighted by Gasteiger charge is 2.35. The second kappa shape index (κ2) is 10.8. The first kappa shape index (κ1) is 24.0. The highest BCUT2D eigenvalue weighted by Crippen LogP contribution is 2.36. The molecule has 34 heavy (non-hydrogen) atoms. The zero-order valence-electron chi connectivity index (χ0n) is 19.9. The Morgan fingerprint density at radius 2 is 1.68 bits per heavy atom. The number of nitrogens with one attached hydrogen (secondary N) is 2. The number of carbonyl (C=O) groups excluding carboxylic acids is 3. The molecule has 4 rings (SSSR count). The van der Waals surface area contributed by atoms with Crippen LogP contribution < -0.4 is 10.6 Å². The average Bonchev–Trinajstić information content (AvgIpc) is 2.84. The van der Waals surface area contributed by atoms with Gasteiger partial charge >= 0.3 is 5.97 Å². The number of hydrogen-bond acceptors (Lipinski definition) is 5. The molecule has 1 aliphatic heterocycles. The number of carbonyl (C=O) groups is 3. The van der Waals surface area contributed by atoms with E-state index in [0.29, 0.717) is 23.1 Å². The Bertz CT molecular complexity index is 1020. The molecule has 1 saturated heterocycles. The third-order valence-corrected chi connectivity index (χ3v) is 6.98. The molecule has 7 heteroatoms. The molecule has 7 nitrogen and oxygen atoms in total. The average molecular weight is 464 g/mol. The molecule has 0 spiro atoms. The summed E-state index contributed by atoms with van der Waals surface area (Å²) in [5.41, 5.74) is 3.45. The number of hydrogen-bond donors (Lipinski definition) is 2. The van der Waals surface area contributed by atoms with Crippen molar-refractivity contribution in [2.24, 2.45) is 0 Å². The standard InChI is InChI=1S/C27H33N3O4/c1-18-4-3-5-22(14-18)26(32)28-15-25(31)29-23-16-30(17-23)24-12-10-20(11-13-24)19-6-8-21(9-7-19)27(33)34-2/h3-9,14,20,23-24H,10-13,15-17H2,1-2H3,(H,28,32)(H,29,31). The Labute approximate surface area is 200 Å². The number of ether oxygens (including phenoxy) is 1. The molecule has 1 aliphatic carbocycles. The van der Waals surface area contributed by atoms with E-state index in [1.807, 2.05) is 49.4 Å². The molecular formula is C27H33N3O4. The lowest BCUT2D eigenvalue weighted by atomic mass is 9.80. The first-order valence-corrected chi connectivity index (χ1v) is 12.0. The molecule has 1 saturated carbocycles. The number of nitrogens with zero attached hydrogens (tertiary/aromatic N) is 1. The monoisotopic (exact) mass is 463 g/mol. The SMILES string of the molecule is COC(=O)c1ccc(C2CCC(N3CC(NC(=O)CNC(=O)c4cccc(C)c4)C3)CC2)cc1. The van der Waals surface area contributed by atoms with Crippen LogP contribution in [0, 0.1) is 6.92 Å². The van der Waals surface area contributed by atoms with E-state index in [9.17, 15) is 14.4 Å². The van der Waals surface area contributed by atoms with Crippen molar-refractivity contribution in [3.8, 4) is 0 Å². The number of benzene rings is 2. The van der Waals surface area contributed by atoms with Crippen LogP contribution >= 0.6 is 0 Å². The van der Waals surface area contributed by atoms with Gasteiger partial charge in [-0.2, -0.15) is 0 Å². The Morgan fingerprint density at radius 1 is 0.971 bits per heavy atom. The van der Waals surface area contributed by atoms with Crippen LogP contribution in [0.25, 0.3) is 0 Å². The van der Waals surface area contributed by atoms with Gasteiger partial charge in [-0.3, -0.25) is 14.5 Å². The highest BCUT2D eigenvalue weighted by molar-refractivity contribution is 5.96. The van der Waals surface area contributed by atoms with Gasteiger partial charge in [0.1, 0.15) is 0 Å². The topological polar surface area (TPSA) is 87.7 Å². The molecule has 2 aromatic carbocycles. The van der Waals surface area contributed by atoms with Crippen LogP contribution in [0.3, 0.4) is 0 Å². The minimum atomic E-state index is -0.302. The van der Waals surface area contributed by atoms with Crippen molar-refractivity contribution in [2.75, 3.05) is 26.7 Å². The van der Waals surface area contributed by atoms with E-state index in [4.69, 9.17) is 4.74 Å². The van der Waals surface area contributed by atoms with Crippen LogP contribution in [0.4, 0.5) is 0 Å². The second-order valence-corrected chi connectivity index (χ2v) is 9.39. The van der Waals surface area contributed by atoms with Gasteiger partial charge in [-0.15, -0.1) is 0 Å². The maximum Gasteiger partial charge on any atom is 0.337 e. The number of methoxy groups -OCH3 is 1. The van der Waals surface area contributed by atoms with Crippen LogP contribution in [0.1, 0.15) is 63.4 Å². The third kappa shape index (κ3) is 5.83. The maximum atomic E-state index is 12.2. The van der Waals surface area contributed by atoms with Gasteiger partial charge in [0.15, 0.2) is 0 Å². The fourth-order valence-electron chi connectivity index (χ4n) is 5.01. The van der Waals surface area contributed by atoms with Crippen molar-refractivity contribution >= 4 is 17.8 Å². The molecule has 2 fully saturated rings. The van der Waals surface area contributed by atoms with Gasteiger partial charge in [0, 0.05) is 24.7 Å². The summed E-state index contributed by atoms with van der Waals surface area (Å²) < 4.78 is 4.77. The number of aryl methyl sites for hydroxylation is 1.